The molecular weight excluding hydrogens is 264 g/mol. The predicted octanol–water partition coefficient (Wildman–Crippen LogP) is 1.51. The predicted molar refractivity (Wildman–Crippen MR) is 73.8 cm³/mol. The molecule has 0 unspecified atom stereocenters. The molecule has 2 aliphatic heterocycles. The first-order valence-corrected chi connectivity index (χ1v) is 6.75. The second-order valence-corrected chi connectivity index (χ2v) is 5.08. The highest BCUT2D eigenvalue weighted by Crippen LogP contribution is 2.29. The molecule has 0 amide bonds. The van der Waals surface area contributed by atoms with E-state index in [0.29, 0.717) is 17.2 Å². The van der Waals surface area contributed by atoms with E-state index >= 15 is 0 Å². The van der Waals surface area contributed by atoms with Crippen molar-refractivity contribution in [1.29, 1.82) is 0 Å². The Kier molecular flexibility index (Phi) is 3.44. The molecule has 3 rings (SSSR count). The van der Waals surface area contributed by atoms with Crippen LogP contribution in [0.3, 0.4) is 0 Å². The van der Waals surface area contributed by atoms with Gasteiger partial charge in [0.2, 0.25) is 0 Å². The molecule has 0 bridgehead atoms. The van der Waals surface area contributed by atoms with Crippen molar-refractivity contribution < 1.29 is 9.53 Å². The number of halogens is 1. The quantitative estimate of drug-likeness (QED) is 0.833. The van der Waals surface area contributed by atoms with Crippen molar-refractivity contribution in [3.8, 4) is 0 Å². The third kappa shape index (κ3) is 2.46. The molecule has 0 radical (unpaired) electrons. The van der Waals surface area contributed by atoms with E-state index in [0.717, 1.165) is 37.4 Å². The molecule has 0 atom stereocenters. The lowest BCUT2D eigenvalue weighted by Crippen LogP contribution is -2.43. The molecule has 4 nitrogen and oxygen atoms in total. The minimum atomic E-state index is -0.254. The minimum absolute atomic E-state index is 0.254. The van der Waals surface area contributed by atoms with Gasteiger partial charge in [0.25, 0.3) is 0 Å². The molecule has 1 aromatic carbocycles. The largest absolute Gasteiger partial charge is 0.456 e. The van der Waals surface area contributed by atoms with Gasteiger partial charge < -0.3 is 15.0 Å². The summed E-state index contributed by atoms with van der Waals surface area (Å²) in [5.41, 5.74) is 2.47. The first-order chi connectivity index (χ1) is 9.25. The van der Waals surface area contributed by atoms with Crippen LogP contribution in [0, 0.1) is 0 Å². The number of nitrogens with one attached hydrogen (secondary N) is 1. The Morgan fingerprint density at radius 1 is 1.26 bits per heavy atom. The number of rotatable bonds is 2. The molecule has 1 N–H and O–H groups in total. The summed E-state index contributed by atoms with van der Waals surface area (Å²) in [6, 6.07) is 7.36. The Morgan fingerprint density at radius 3 is 2.79 bits per heavy atom. The van der Waals surface area contributed by atoms with Gasteiger partial charge in [0.05, 0.1) is 11.3 Å². The maximum Gasteiger partial charge on any atom is 0.341 e. The summed E-state index contributed by atoms with van der Waals surface area (Å²) in [6.07, 6.45) is 0. The van der Waals surface area contributed by atoms with Gasteiger partial charge in [-0.25, -0.2) is 4.79 Å². The van der Waals surface area contributed by atoms with Crippen LogP contribution in [0.5, 0.6) is 0 Å². The van der Waals surface area contributed by atoms with Crippen molar-refractivity contribution in [3.63, 3.8) is 0 Å². The number of cyclic esters (lactones) is 1. The van der Waals surface area contributed by atoms with E-state index < -0.39 is 0 Å². The van der Waals surface area contributed by atoms with Crippen molar-refractivity contribution >= 4 is 23.1 Å². The third-order valence-electron chi connectivity index (χ3n) is 3.44. The molecule has 2 aliphatic rings. The molecular formula is C14H15ClN2O2. The molecule has 1 saturated heterocycles. The summed E-state index contributed by atoms with van der Waals surface area (Å²) < 4.78 is 5.21. The molecule has 0 aliphatic carbocycles. The van der Waals surface area contributed by atoms with Gasteiger partial charge in [0, 0.05) is 31.2 Å². The highest BCUT2D eigenvalue weighted by atomic mass is 35.5. The van der Waals surface area contributed by atoms with E-state index in [1.54, 1.807) is 6.07 Å². The molecule has 1 fully saturated rings. The molecule has 0 aromatic heterocycles. The number of hydrogen-bond acceptors (Lipinski definition) is 4. The zero-order valence-corrected chi connectivity index (χ0v) is 11.2. The average molecular weight is 279 g/mol. The van der Waals surface area contributed by atoms with E-state index in [1.807, 2.05) is 18.2 Å². The van der Waals surface area contributed by atoms with E-state index in [4.69, 9.17) is 16.3 Å². The van der Waals surface area contributed by atoms with Gasteiger partial charge in [-0.15, -0.1) is 0 Å². The number of benzene rings is 1. The molecule has 0 spiro atoms. The summed E-state index contributed by atoms with van der Waals surface area (Å²) in [6.45, 7) is 4.02. The van der Waals surface area contributed by atoms with Crippen LogP contribution < -0.4 is 5.32 Å². The highest BCUT2D eigenvalue weighted by Gasteiger charge is 2.30. The summed E-state index contributed by atoms with van der Waals surface area (Å²) >= 11 is 6.01. The summed E-state index contributed by atoms with van der Waals surface area (Å²) in [5.74, 6) is -0.254. The van der Waals surface area contributed by atoms with E-state index in [2.05, 4.69) is 10.2 Å². The number of carbonyl (C=O) groups excluding carboxylic acids is 1. The van der Waals surface area contributed by atoms with E-state index in [1.165, 1.54) is 0 Å². The van der Waals surface area contributed by atoms with Crippen LogP contribution in [0.25, 0.3) is 5.57 Å². The SMILES string of the molecule is O=C1OCC(N2CCNCC2)=C1c1cccc(Cl)c1. The van der Waals surface area contributed by atoms with Gasteiger partial charge in [-0.2, -0.15) is 0 Å². The second-order valence-electron chi connectivity index (χ2n) is 4.65. The second kappa shape index (κ2) is 5.23. The zero-order chi connectivity index (χ0) is 13.2. The number of piperazine rings is 1. The molecule has 100 valence electrons. The van der Waals surface area contributed by atoms with Crippen molar-refractivity contribution in [2.75, 3.05) is 32.8 Å². The van der Waals surface area contributed by atoms with Gasteiger partial charge in [-0.1, -0.05) is 23.7 Å². The van der Waals surface area contributed by atoms with Crippen LogP contribution in [0.15, 0.2) is 30.0 Å². The van der Waals surface area contributed by atoms with Gasteiger partial charge in [-0.05, 0) is 17.7 Å². The van der Waals surface area contributed by atoms with Crippen molar-refractivity contribution in [3.05, 3.63) is 40.5 Å². The Balaban J connectivity index is 2.00. The van der Waals surface area contributed by atoms with E-state index in [9.17, 15) is 4.79 Å². The maximum absolute atomic E-state index is 12.0. The Bertz CT molecular complexity index is 536. The van der Waals surface area contributed by atoms with Gasteiger partial charge >= 0.3 is 5.97 Å². The van der Waals surface area contributed by atoms with Crippen molar-refractivity contribution in [2.45, 2.75) is 0 Å². The van der Waals surface area contributed by atoms with Crippen molar-refractivity contribution in [2.24, 2.45) is 0 Å². The number of carbonyl (C=O) groups is 1. The molecule has 19 heavy (non-hydrogen) atoms. The lowest BCUT2D eigenvalue weighted by molar-refractivity contribution is -0.134. The number of ether oxygens (including phenoxy) is 1. The fourth-order valence-electron chi connectivity index (χ4n) is 2.51. The van der Waals surface area contributed by atoms with Crippen LogP contribution in [0.2, 0.25) is 5.02 Å². The standard InChI is InChI=1S/C14H15ClN2O2/c15-11-3-1-2-10(8-11)13-12(9-19-14(13)18)17-6-4-16-5-7-17/h1-3,8,16H,4-7,9H2. The average Bonchev–Trinajstić information content (AvgIpc) is 2.82. The number of nitrogens with zero attached hydrogens (tertiary/aromatic N) is 1. The van der Waals surface area contributed by atoms with Gasteiger partial charge in [0.1, 0.15) is 6.61 Å². The van der Waals surface area contributed by atoms with Gasteiger partial charge in [-0.3, -0.25) is 0 Å². The lowest BCUT2D eigenvalue weighted by Gasteiger charge is -2.30. The maximum atomic E-state index is 12.0. The normalized spacial score (nSPS) is 19.8. The lowest BCUT2D eigenvalue weighted by atomic mass is 10.0. The Hall–Kier alpha value is -1.52. The summed E-state index contributed by atoms with van der Waals surface area (Å²) in [4.78, 5) is 14.2. The van der Waals surface area contributed by atoms with Crippen molar-refractivity contribution in [1.82, 2.24) is 10.2 Å². The topological polar surface area (TPSA) is 41.6 Å². The smallest absolute Gasteiger partial charge is 0.341 e. The fraction of sp³-hybridized carbons (Fsp3) is 0.357. The summed E-state index contributed by atoms with van der Waals surface area (Å²) in [7, 11) is 0. The number of hydrogen-bond donors (Lipinski definition) is 1. The molecule has 2 heterocycles. The molecule has 1 aromatic rings. The van der Waals surface area contributed by atoms with Gasteiger partial charge in [0.15, 0.2) is 0 Å². The Labute approximate surface area is 117 Å². The van der Waals surface area contributed by atoms with Crippen LogP contribution in [-0.2, 0) is 9.53 Å². The fourth-order valence-corrected chi connectivity index (χ4v) is 2.70. The highest BCUT2D eigenvalue weighted by molar-refractivity contribution is 6.31. The monoisotopic (exact) mass is 278 g/mol. The molecule has 5 heteroatoms. The van der Waals surface area contributed by atoms with Crippen LogP contribution in [-0.4, -0.2) is 43.7 Å². The van der Waals surface area contributed by atoms with Crippen LogP contribution in [0.1, 0.15) is 5.56 Å². The Morgan fingerprint density at radius 2 is 2.05 bits per heavy atom. The minimum Gasteiger partial charge on any atom is -0.456 e. The summed E-state index contributed by atoms with van der Waals surface area (Å²) in [5, 5.41) is 3.93. The molecule has 0 saturated carbocycles. The van der Waals surface area contributed by atoms with Crippen LogP contribution in [0.4, 0.5) is 0 Å². The zero-order valence-electron chi connectivity index (χ0n) is 10.5. The van der Waals surface area contributed by atoms with E-state index in [-0.39, 0.29) is 5.97 Å². The first kappa shape index (κ1) is 12.5. The third-order valence-corrected chi connectivity index (χ3v) is 3.68. The first-order valence-electron chi connectivity index (χ1n) is 6.37. The van der Waals surface area contributed by atoms with Crippen LogP contribution >= 0.6 is 11.6 Å². The number of esters is 1.